The summed E-state index contributed by atoms with van der Waals surface area (Å²) in [5.41, 5.74) is 6.22. The maximum atomic E-state index is 11.9. The van der Waals surface area contributed by atoms with Crippen LogP contribution < -0.4 is 5.73 Å². The van der Waals surface area contributed by atoms with Crippen molar-refractivity contribution in [1.82, 2.24) is 4.98 Å². The molecule has 0 aromatic carbocycles. The molecule has 2 N–H and O–H groups in total. The zero-order valence-electron chi connectivity index (χ0n) is 8.63. The summed E-state index contributed by atoms with van der Waals surface area (Å²) in [7, 11) is -1.11. The summed E-state index contributed by atoms with van der Waals surface area (Å²) in [6.07, 6.45) is 2.43. The minimum Gasteiger partial charge on any atom is -0.396 e. The Kier molecular flexibility index (Phi) is 3.69. The third kappa shape index (κ3) is 2.68. The average Bonchev–Trinajstić information content (AvgIpc) is 2.79. The van der Waals surface area contributed by atoms with Crippen molar-refractivity contribution in [3.05, 3.63) is 40.7 Å². The summed E-state index contributed by atoms with van der Waals surface area (Å²) >= 11 is 1.68. The van der Waals surface area contributed by atoms with Gasteiger partial charge >= 0.3 is 0 Å². The van der Waals surface area contributed by atoms with Crippen molar-refractivity contribution in [2.45, 2.75) is 11.4 Å². The van der Waals surface area contributed by atoms with E-state index in [-0.39, 0.29) is 0 Å². The molecule has 84 valence electrons. The van der Waals surface area contributed by atoms with E-state index in [2.05, 4.69) is 4.98 Å². The number of thiophene rings is 1. The fraction of sp³-hybridized carbons (Fsp3) is 0.182. The van der Waals surface area contributed by atoms with E-state index in [1.807, 2.05) is 17.5 Å². The van der Waals surface area contributed by atoms with E-state index >= 15 is 0 Å². The Bertz CT molecular complexity index is 482. The Labute approximate surface area is 101 Å². The first kappa shape index (κ1) is 11.3. The molecule has 3 nitrogen and oxygen atoms in total. The van der Waals surface area contributed by atoms with Crippen molar-refractivity contribution in [3.8, 4) is 0 Å². The molecule has 2 aromatic heterocycles. The van der Waals surface area contributed by atoms with Crippen molar-refractivity contribution in [2.75, 3.05) is 11.5 Å². The van der Waals surface area contributed by atoms with E-state index < -0.39 is 10.8 Å². The lowest BCUT2D eigenvalue weighted by molar-refractivity contribution is 0.680. The van der Waals surface area contributed by atoms with Crippen LogP contribution in [0.15, 0.2) is 40.9 Å². The molecule has 0 aliphatic carbocycles. The van der Waals surface area contributed by atoms with Gasteiger partial charge in [-0.05, 0) is 30.0 Å². The number of hydrogen-bond acceptors (Lipinski definition) is 4. The zero-order valence-corrected chi connectivity index (χ0v) is 10.3. The first-order valence-electron chi connectivity index (χ1n) is 4.88. The van der Waals surface area contributed by atoms with E-state index in [1.165, 1.54) is 4.88 Å². The van der Waals surface area contributed by atoms with Crippen LogP contribution >= 0.6 is 11.3 Å². The van der Waals surface area contributed by atoms with Gasteiger partial charge in [0.25, 0.3) is 0 Å². The second kappa shape index (κ2) is 5.23. The lowest BCUT2D eigenvalue weighted by atomic mass is 10.4. The first-order chi connectivity index (χ1) is 7.77. The molecule has 2 rings (SSSR count). The lowest BCUT2D eigenvalue weighted by Gasteiger charge is -2.03. The predicted octanol–water partition coefficient (Wildman–Crippen LogP) is 2.08. The van der Waals surface area contributed by atoms with Crippen molar-refractivity contribution < 1.29 is 4.21 Å². The molecule has 5 heteroatoms. The van der Waals surface area contributed by atoms with Crippen LogP contribution in [-0.4, -0.2) is 14.9 Å². The molecule has 0 aliphatic rings. The molecule has 2 heterocycles. The zero-order chi connectivity index (χ0) is 11.4. The van der Waals surface area contributed by atoms with Crippen molar-refractivity contribution in [2.24, 2.45) is 0 Å². The Morgan fingerprint density at radius 1 is 1.38 bits per heavy atom. The monoisotopic (exact) mass is 252 g/mol. The van der Waals surface area contributed by atoms with Crippen LogP contribution in [0.5, 0.6) is 0 Å². The maximum Gasteiger partial charge on any atom is 0.150 e. The summed E-state index contributed by atoms with van der Waals surface area (Å²) in [4.78, 5) is 5.30. The molecular formula is C11H12N2OS2. The van der Waals surface area contributed by atoms with Crippen molar-refractivity contribution in [1.29, 1.82) is 0 Å². The largest absolute Gasteiger partial charge is 0.396 e. The van der Waals surface area contributed by atoms with Gasteiger partial charge in [0.15, 0.2) is 0 Å². The molecular weight excluding hydrogens is 240 g/mol. The highest BCUT2D eigenvalue weighted by Gasteiger charge is 2.09. The van der Waals surface area contributed by atoms with E-state index in [0.29, 0.717) is 16.5 Å². The average molecular weight is 252 g/mol. The van der Waals surface area contributed by atoms with E-state index in [9.17, 15) is 4.21 Å². The third-order valence-corrected chi connectivity index (χ3v) is 4.41. The lowest BCUT2D eigenvalue weighted by Crippen LogP contribution is -2.05. The minimum absolute atomic E-state index is 0.499. The van der Waals surface area contributed by atoms with E-state index in [4.69, 9.17) is 5.73 Å². The summed E-state index contributed by atoms with van der Waals surface area (Å²) in [5.74, 6) is 0.571. The highest BCUT2D eigenvalue weighted by molar-refractivity contribution is 7.85. The minimum atomic E-state index is -1.11. The summed E-state index contributed by atoms with van der Waals surface area (Å²) < 4.78 is 11.9. The summed E-state index contributed by atoms with van der Waals surface area (Å²) in [5, 5.41) is 2.52. The van der Waals surface area contributed by atoms with Crippen LogP contribution in [0, 0.1) is 0 Å². The number of aryl methyl sites for hydroxylation is 1. The number of hydrogen-bond donors (Lipinski definition) is 1. The van der Waals surface area contributed by atoms with Gasteiger partial charge in [-0.1, -0.05) is 6.07 Å². The van der Waals surface area contributed by atoms with Crippen LogP contribution in [-0.2, 0) is 17.2 Å². The van der Waals surface area contributed by atoms with Gasteiger partial charge < -0.3 is 5.73 Å². The van der Waals surface area contributed by atoms with E-state index in [1.54, 1.807) is 29.7 Å². The Morgan fingerprint density at radius 3 is 2.94 bits per heavy atom. The molecule has 0 radical (unpaired) electrons. The van der Waals surface area contributed by atoms with Gasteiger partial charge in [0, 0.05) is 16.8 Å². The number of aromatic nitrogens is 1. The molecule has 0 fully saturated rings. The molecule has 0 aliphatic heterocycles. The Hall–Kier alpha value is -1.20. The molecule has 2 aromatic rings. The maximum absolute atomic E-state index is 11.9. The normalized spacial score (nSPS) is 12.5. The van der Waals surface area contributed by atoms with Crippen LogP contribution in [0.1, 0.15) is 4.88 Å². The summed E-state index contributed by atoms with van der Waals surface area (Å²) in [6.45, 7) is 0. The predicted molar refractivity (Wildman–Crippen MR) is 67.9 cm³/mol. The summed E-state index contributed by atoms with van der Waals surface area (Å²) in [6, 6.07) is 7.52. The number of pyridine rings is 1. The number of anilines is 1. The van der Waals surface area contributed by atoms with Gasteiger partial charge in [0.2, 0.25) is 0 Å². The fourth-order valence-electron chi connectivity index (χ4n) is 1.34. The van der Waals surface area contributed by atoms with Crippen LogP contribution in [0.25, 0.3) is 0 Å². The highest BCUT2D eigenvalue weighted by atomic mass is 32.2. The second-order valence-corrected chi connectivity index (χ2v) is 5.80. The highest BCUT2D eigenvalue weighted by Crippen LogP contribution is 2.15. The van der Waals surface area contributed by atoms with Gasteiger partial charge in [0.05, 0.1) is 16.5 Å². The van der Waals surface area contributed by atoms with Crippen LogP contribution in [0.3, 0.4) is 0 Å². The number of rotatable bonds is 4. The molecule has 1 atom stereocenters. The number of nitrogens with zero attached hydrogens (tertiary/aromatic N) is 1. The van der Waals surface area contributed by atoms with Crippen molar-refractivity contribution >= 4 is 27.8 Å². The topological polar surface area (TPSA) is 56.0 Å². The van der Waals surface area contributed by atoms with Gasteiger partial charge in [0.1, 0.15) is 5.03 Å². The molecule has 0 saturated carbocycles. The smallest absolute Gasteiger partial charge is 0.150 e. The third-order valence-electron chi connectivity index (χ3n) is 2.13. The van der Waals surface area contributed by atoms with Crippen molar-refractivity contribution in [3.63, 3.8) is 0 Å². The van der Waals surface area contributed by atoms with E-state index in [0.717, 1.165) is 6.42 Å². The van der Waals surface area contributed by atoms with Gasteiger partial charge in [-0.3, -0.25) is 4.21 Å². The van der Waals surface area contributed by atoms with Gasteiger partial charge in [-0.2, -0.15) is 0 Å². The van der Waals surface area contributed by atoms with Crippen LogP contribution in [0.2, 0.25) is 0 Å². The number of nitrogen functional groups attached to an aromatic ring is 1. The fourth-order valence-corrected chi connectivity index (χ4v) is 3.28. The quantitative estimate of drug-likeness (QED) is 0.906. The SMILES string of the molecule is Nc1cccnc1S(=O)CCc1cccs1. The van der Waals surface area contributed by atoms with Gasteiger partial charge in [-0.25, -0.2) is 4.98 Å². The Morgan fingerprint density at radius 2 is 2.25 bits per heavy atom. The molecule has 0 spiro atoms. The molecule has 0 bridgehead atoms. The van der Waals surface area contributed by atoms with Gasteiger partial charge in [-0.15, -0.1) is 11.3 Å². The molecule has 1 unspecified atom stereocenters. The standard InChI is InChI=1S/C11H12N2OS2/c12-10-4-1-6-13-11(10)16(14)8-5-9-3-2-7-15-9/h1-4,6-7H,5,8,12H2. The van der Waals surface area contributed by atoms with Crippen LogP contribution in [0.4, 0.5) is 5.69 Å². The molecule has 0 saturated heterocycles. The molecule has 0 amide bonds. The molecule has 16 heavy (non-hydrogen) atoms. The Balaban J connectivity index is 2.01. The number of nitrogens with two attached hydrogens (primary N) is 1. The second-order valence-electron chi connectivity index (χ2n) is 3.28. The first-order valence-corrected chi connectivity index (χ1v) is 7.08.